The molecule has 0 aliphatic heterocycles. The third kappa shape index (κ3) is 3.02. The zero-order chi connectivity index (χ0) is 9.68. The summed E-state index contributed by atoms with van der Waals surface area (Å²) < 4.78 is 0. The molecule has 0 aliphatic carbocycles. The highest BCUT2D eigenvalue weighted by atomic mass is 35.5. The average molecular weight is 199 g/mol. The van der Waals surface area contributed by atoms with Crippen LogP contribution in [-0.4, -0.2) is 5.11 Å². The summed E-state index contributed by atoms with van der Waals surface area (Å²) >= 11 is 5.94. The van der Waals surface area contributed by atoms with Crippen LogP contribution in [0.4, 0.5) is 0 Å². The van der Waals surface area contributed by atoms with Crippen molar-refractivity contribution in [2.75, 3.05) is 0 Å². The molecule has 1 N–H and O–H groups in total. The predicted molar refractivity (Wildman–Crippen MR) is 55.9 cm³/mol. The van der Waals surface area contributed by atoms with Crippen molar-refractivity contribution in [3.8, 4) is 0 Å². The number of aliphatic hydroxyl groups is 1. The zero-order valence-electron chi connectivity index (χ0n) is 7.83. The summed E-state index contributed by atoms with van der Waals surface area (Å²) in [6, 6.07) is 7.46. The third-order valence-corrected chi connectivity index (χ3v) is 2.44. The minimum atomic E-state index is -0.409. The Hall–Kier alpha value is -0.530. The van der Waals surface area contributed by atoms with Gasteiger partial charge in [-0.2, -0.15) is 0 Å². The molecule has 1 aromatic carbocycles. The Bertz CT molecular complexity index is 260. The van der Waals surface area contributed by atoms with Gasteiger partial charge in [-0.1, -0.05) is 49.6 Å². The van der Waals surface area contributed by atoms with Crippen molar-refractivity contribution in [3.05, 3.63) is 34.9 Å². The summed E-state index contributed by atoms with van der Waals surface area (Å²) in [7, 11) is 0. The van der Waals surface area contributed by atoms with E-state index in [1.165, 1.54) is 0 Å². The molecule has 0 aliphatic rings. The highest BCUT2D eigenvalue weighted by Crippen LogP contribution is 2.25. The molecule has 0 radical (unpaired) electrons. The van der Waals surface area contributed by atoms with Crippen molar-refractivity contribution >= 4 is 11.6 Å². The second-order valence-electron chi connectivity index (χ2n) is 3.18. The molecule has 0 heterocycles. The topological polar surface area (TPSA) is 20.2 Å². The molecular weight excluding hydrogens is 184 g/mol. The molecular formula is C11H15ClO. The van der Waals surface area contributed by atoms with Gasteiger partial charge in [0.25, 0.3) is 0 Å². The van der Waals surface area contributed by atoms with E-state index >= 15 is 0 Å². The number of benzene rings is 1. The van der Waals surface area contributed by atoms with E-state index < -0.39 is 6.10 Å². The monoisotopic (exact) mass is 198 g/mol. The molecule has 0 bridgehead atoms. The van der Waals surface area contributed by atoms with Gasteiger partial charge < -0.3 is 5.11 Å². The maximum Gasteiger partial charge on any atom is 0.0804 e. The Morgan fingerprint density at radius 1 is 1.38 bits per heavy atom. The van der Waals surface area contributed by atoms with Crippen molar-refractivity contribution in [3.63, 3.8) is 0 Å². The smallest absolute Gasteiger partial charge is 0.0804 e. The van der Waals surface area contributed by atoms with Crippen LogP contribution in [0.15, 0.2) is 24.3 Å². The quantitative estimate of drug-likeness (QED) is 0.785. The van der Waals surface area contributed by atoms with E-state index in [0.717, 1.165) is 24.8 Å². The van der Waals surface area contributed by atoms with Crippen molar-refractivity contribution in [1.82, 2.24) is 0 Å². The van der Waals surface area contributed by atoms with Crippen LogP contribution in [-0.2, 0) is 0 Å². The Balaban J connectivity index is 2.65. The summed E-state index contributed by atoms with van der Waals surface area (Å²) in [5.41, 5.74) is 0.845. The van der Waals surface area contributed by atoms with E-state index in [4.69, 9.17) is 11.6 Å². The van der Waals surface area contributed by atoms with Gasteiger partial charge in [0.05, 0.1) is 6.10 Å². The van der Waals surface area contributed by atoms with Crippen LogP contribution in [0.25, 0.3) is 0 Å². The van der Waals surface area contributed by atoms with Crippen LogP contribution in [0.2, 0.25) is 5.02 Å². The zero-order valence-corrected chi connectivity index (χ0v) is 8.59. The molecule has 2 heteroatoms. The number of aliphatic hydroxyl groups excluding tert-OH is 1. The summed E-state index contributed by atoms with van der Waals surface area (Å²) in [5, 5.41) is 10.4. The predicted octanol–water partition coefficient (Wildman–Crippen LogP) is 3.56. The Morgan fingerprint density at radius 2 is 2.08 bits per heavy atom. The highest BCUT2D eigenvalue weighted by molar-refractivity contribution is 6.31. The summed E-state index contributed by atoms with van der Waals surface area (Å²) in [6.45, 7) is 2.11. The average Bonchev–Trinajstić information content (AvgIpc) is 2.15. The molecule has 1 unspecified atom stereocenters. The number of hydrogen-bond donors (Lipinski definition) is 1. The van der Waals surface area contributed by atoms with Crippen molar-refractivity contribution in [2.24, 2.45) is 0 Å². The molecule has 1 aromatic rings. The molecule has 1 atom stereocenters. The minimum Gasteiger partial charge on any atom is -0.388 e. The molecule has 0 fully saturated rings. The van der Waals surface area contributed by atoms with Crippen LogP contribution in [0.3, 0.4) is 0 Å². The lowest BCUT2D eigenvalue weighted by molar-refractivity contribution is 0.164. The van der Waals surface area contributed by atoms with Crippen LogP contribution < -0.4 is 0 Å². The Kier molecular flexibility index (Phi) is 4.26. The molecule has 0 amide bonds. The Morgan fingerprint density at radius 3 is 2.69 bits per heavy atom. The van der Waals surface area contributed by atoms with Crippen LogP contribution in [0.5, 0.6) is 0 Å². The van der Waals surface area contributed by atoms with E-state index in [-0.39, 0.29) is 0 Å². The first-order chi connectivity index (χ1) is 6.25. The summed E-state index contributed by atoms with van der Waals surface area (Å²) in [6.07, 6.45) is 2.52. The number of unbranched alkanes of at least 4 members (excludes halogenated alkanes) is 1. The van der Waals surface area contributed by atoms with E-state index in [2.05, 4.69) is 6.92 Å². The summed E-state index contributed by atoms with van der Waals surface area (Å²) in [5.74, 6) is 0. The Labute approximate surface area is 84.4 Å². The van der Waals surface area contributed by atoms with Gasteiger partial charge in [-0.3, -0.25) is 0 Å². The second kappa shape index (κ2) is 5.25. The van der Waals surface area contributed by atoms with Gasteiger partial charge in [-0.25, -0.2) is 0 Å². The van der Waals surface area contributed by atoms with E-state index in [0.29, 0.717) is 5.02 Å². The first-order valence-electron chi connectivity index (χ1n) is 4.68. The van der Waals surface area contributed by atoms with Gasteiger partial charge in [0.1, 0.15) is 0 Å². The molecule has 1 nitrogen and oxygen atoms in total. The molecule has 0 saturated carbocycles. The van der Waals surface area contributed by atoms with Gasteiger partial charge in [0, 0.05) is 5.02 Å². The summed E-state index contributed by atoms with van der Waals surface area (Å²) in [4.78, 5) is 0. The maximum atomic E-state index is 9.75. The fraction of sp³-hybridized carbons (Fsp3) is 0.455. The fourth-order valence-corrected chi connectivity index (χ4v) is 1.56. The van der Waals surface area contributed by atoms with Gasteiger partial charge in [0.2, 0.25) is 0 Å². The standard InChI is InChI=1S/C11H15ClO/c1-2-3-8-11(13)9-6-4-5-7-10(9)12/h4-7,11,13H,2-3,8H2,1H3. The van der Waals surface area contributed by atoms with Gasteiger partial charge >= 0.3 is 0 Å². The fourth-order valence-electron chi connectivity index (χ4n) is 1.30. The molecule has 72 valence electrons. The number of halogens is 1. The molecule has 1 rings (SSSR count). The first kappa shape index (κ1) is 10.6. The molecule has 0 spiro atoms. The third-order valence-electron chi connectivity index (χ3n) is 2.10. The van der Waals surface area contributed by atoms with Crippen molar-refractivity contribution in [1.29, 1.82) is 0 Å². The van der Waals surface area contributed by atoms with E-state index in [1.807, 2.05) is 24.3 Å². The second-order valence-corrected chi connectivity index (χ2v) is 3.59. The lowest BCUT2D eigenvalue weighted by Gasteiger charge is -2.11. The molecule has 0 aromatic heterocycles. The van der Waals surface area contributed by atoms with Crippen molar-refractivity contribution < 1.29 is 5.11 Å². The minimum absolute atomic E-state index is 0.409. The van der Waals surface area contributed by atoms with Crippen LogP contribution in [0, 0.1) is 0 Å². The first-order valence-corrected chi connectivity index (χ1v) is 5.06. The van der Waals surface area contributed by atoms with Crippen molar-refractivity contribution in [2.45, 2.75) is 32.3 Å². The number of hydrogen-bond acceptors (Lipinski definition) is 1. The van der Waals surface area contributed by atoms with Gasteiger partial charge in [-0.05, 0) is 18.1 Å². The van der Waals surface area contributed by atoms with Gasteiger partial charge in [0.15, 0.2) is 0 Å². The van der Waals surface area contributed by atoms with Crippen LogP contribution >= 0.6 is 11.6 Å². The lowest BCUT2D eigenvalue weighted by Crippen LogP contribution is -1.97. The number of rotatable bonds is 4. The maximum absolute atomic E-state index is 9.75. The SMILES string of the molecule is CCCCC(O)c1ccccc1Cl. The largest absolute Gasteiger partial charge is 0.388 e. The normalized spacial score (nSPS) is 12.8. The highest BCUT2D eigenvalue weighted by Gasteiger charge is 2.09. The van der Waals surface area contributed by atoms with Gasteiger partial charge in [-0.15, -0.1) is 0 Å². The van der Waals surface area contributed by atoms with Crippen LogP contribution in [0.1, 0.15) is 37.9 Å². The van der Waals surface area contributed by atoms with E-state index in [1.54, 1.807) is 0 Å². The van der Waals surface area contributed by atoms with E-state index in [9.17, 15) is 5.11 Å². The molecule has 13 heavy (non-hydrogen) atoms. The lowest BCUT2D eigenvalue weighted by atomic mass is 10.0. The molecule has 0 saturated heterocycles.